The normalized spacial score (nSPS) is 12.2. The molecule has 0 aliphatic heterocycles. The molecule has 0 aromatic rings. The Hall–Kier alpha value is -0.200. The fourth-order valence-electron chi connectivity index (χ4n) is 9.38. The first-order chi connectivity index (χ1) is 30.6. The fraction of sp³-hybridized carbons (Fsp3) is 1.00. The molecule has 0 aromatic heterocycles. The molecule has 0 amide bonds. The number of hydrogen-bond acceptors (Lipinski definition) is 5. The van der Waals surface area contributed by atoms with Crippen molar-refractivity contribution in [2.24, 2.45) is 0 Å². The second-order valence-corrected chi connectivity index (χ2v) is 20.1. The van der Waals surface area contributed by atoms with Crippen molar-refractivity contribution >= 4 is 0 Å². The van der Waals surface area contributed by atoms with E-state index in [9.17, 15) is 0 Å². The molecule has 0 fully saturated rings. The molecule has 0 bridgehead atoms. The average Bonchev–Trinajstić information content (AvgIpc) is 3.28. The summed E-state index contributed by atoms with van der Waals surface area (Å²) in [6, 6.07) is 0. The smallest absolute Gasteiger partial charge is 0.0110 e. The number of nitrogens with zero attached hydrogens (tertiary/aromatic N) is 5. The van der Waals surface area contributed by atoms with Crippen LogP contribution in [0.4, 0.5) is 0 Å². The molecule has 0 spiro atoms. The number of rotatable bonds is 54. The number of hydrogen-bond donors (Lipinski definition) is 0. The van der Waals surface area contributed by atoms with Gasteiger partial charge in [0.2, 0.25) is 0 Å². The lowest BCUT2D eigenvalue weighted by molar-refractivity contribution is 0.147. The van der Waals surface area contributed by atoms with Crippen LogP contribution in [-0.4, -0.2) is 123 Å². The minimum absolute atomic E-state index is 1.25. The Morgan fingerprint density at radius 2 is 0.242 bits per heavy atom. The van der Waals surface area contributed by atoms with Gasteiger partial charge in [-0.25, -0.2) is 0 Å². The topological polar surface area (TPSA) is 16.2 Å². The molecule has 0 rings (SSSR count). The molecule has 374 valence electrons. The maximum absolute atomic E-state index is 2.93. The van der Waals surface area contributed by atoms with E-state index in [1.807, 2.05) is 0 Å². The monoisotopic (exact) mass is 876 g/mol. The zero-order valence-electron chi connectivity index (χ0n) is 44.6. The second kappa shape index (κ2) is 51.8. The maximum atomic E-state index is 2.93. The van der Waals surface area contributed by atoms with Crippen molar-refractivity contribution in [1.29, 1.82) is 0 Å². The van der Waals surface area contributed by atoms with Crippen molar-refractivity contribution < 1.29 is 0 Å². The number of unbranched alkanes of at least 4 members (excludes halogenated alkanes) is 28. The van der Waals surface area contributed by atoms with Crippen LogP contribution in [0.15, 0.2) is 0 Å². The average molecular weight is 877 g/mol. The molecule has 0 aliphatic rings. The maximum Gasteiger partial charge on any atom is 0.0110 e. The molecule has 0 heterocycles. The van der Waals surface area contributed by atoms with Gasteiger partial charge < -0.3 is 24.5 Å². The Morgan fingerprint density at radius 3 is 0.371 bits per heavy atom. The molecule has 0 atom stereocenters. The van der Waals surface area contributed by atoms with Gasteiger partial charge in [-0.05, 0) is 90.8 Å². The molecule has 0 aromatic carbocycles. The molecule has 0 unspecified atom stereocenters. The van der Waals surface area contributed by atoms with Gasteiger partial charge >= 0.3 is 0 Å². The van der Waals surface area contributed by atoms with Crippen molar-refractivity contribution in [3.05, 3.63) is 0 Å². The van der Waals surface area contributed by atoms with Crippen LogP contribution in [0.25, 0.3) is 0 Å². The summed E-state index contributed by atoms with van der Waals surface area (Å²) in [6.45, 7) is 35.7. The first-order valence-electron chi connectivity index (χ1n) is 29.2. The van der Waals surface area contributed by atoms with Crippen LogP contribution in [0.3, 0.4) is 0 Å². The standard InChI is InChI=1S/C57H121N5/c1-8-15-22-29-36-43-58(44-37-30-23-16-9-2)50-52-60(47-40-33-26-19-12-5)54-56-62(49-42-35-28-21-14-7)57-55-61(48-41-34-27-20-13-6)53-51-59(45-38-31-24-17-10-3)46-39-32-25-18-11-4/h8-57H2,1-7H3. The molecular weight excluding hydrogens is 755 g/mol. The van der Waals surface area contributed by atoms with Crippen LogP contribution in [0.1, 0.15) is 273 Å². The Morgan fingerprint density at radius 1 is 0.129 bits per heavy atom. The van der Waals surface area contributed by atoms with E-state index in [0.717, 1.165) is 0 Å². The zero-order chi connectivity index (χ0) is 45.2. The highest BCUT2D eigenvalue weighted by atomic mass is 15.2. The third kappa shape index (κ3) is 43.7. The highest BCUT2D eigenvalue weighted by Crippen LogP contribution is 2.13. The lowest BCUT2D eigenvalue weighted by Gasteiger charge is -2.32. The van der Waals surface area contributed by atoms with Crippen molar-refractivity contribution in [1.82, 2.24) is 24.5 Å². The van der Waals surface area contributed by atoms with Crippen LogP contribution < -0.4 is 0 Å². The van der Waals surface area contributed by atoms with Gasteiger partial charge in [0.15, 0.2) is 0 Å². The van der Waals surface area contributed by atoms with Crippen LogP contribution in [-0.2, 0) is 0 Å². The summed E-state index contributed by atoms with van der Waals surface area (Å²) >= 11 is 0. The fourth-order valence-corrected chi connectivity index (χ4v) is 9.38. The van der Waals surface area contributed by atoms with E-state index in [4.69, 9.17) is 0 Å². The zero-order valence-corrected chi connectivity index (χ0v) is 44.6. The van der Waals surface area contributed by atoms with Gasteiger partial charge in [0, 0.05) is 52.4 Å². The third-order valence-electron chi connectivity index (χ3n) is 14.0. The molecule has 5 heteroatoms. The second-order valence-electron chi connectivity index (χ2n) is 20.1. The van der Waals surface area contributed by atoms with Crippen molar-refractivity contribution in [3.8, 4) is 0 Å². The van der Waals surface area contributed by atoms with Crippen LogP contribution in [0.5, 0.6) is 0 Å². The summed E-state index contributed by atoms with van der Waals surface area (Å²) in [5, 5.41) is 0. The molecule has 0 saturated heterocycles. The minimum atomic E-state index is 1.25. The first kappa shape index (κ1) is 61.8. The van der Waals surface area contributed by atoms with Gasteiger partial charge in [-0.1, -0.05) is 228 Å². The van der Waals surface area contributed by atoms with Crippen molar-refractivity contribution in [2.75, 3.05) is 98.2 Å². The molecular formula is C57H121N5. The predicted molar refractivity (Wildman–Crippen MR) is 284 cm³/mol. The SMILES string of the molecule is CCCCCCCN(CCCCCCC)CCN(CCCCCCC)CCN(CCCCCCC)CCN(CCCCCCC)CCN(CCCCCCC)CCCCCCC. The highest BCUT2D eigenvalue weighted by Gasteiger charge is 2.16. The quantitative estimate of drug-likeness (QED) is 0.0564. The Balaban J connectivity index is 5.86. The summed E-state index contributed by atoms with van der Waals surface area (Å²) < 4.78 is 0. The van der Waals surface area contributed by atoms with Crippen molar-refractivity contribution in [2.45, 2.75) is 273 Å². The Kier molecular flexibility index (Phi) is 51.6. The van der Waals surface area contributed by atoms with E-state index in [1.54, 1.807) is 0 Å². The van der Waals surface area contributed by atoms with Gasteiger partial charge in [0.1, 0.15) is 0 Å². The van der Waals surface area contributed by atoms with E-state index < -0.39 is 0 Å². The first-order valence-corrected chi connectivity index (χ1v) is 29.2. The molecule has 0 N–H and O–H groups in total. The van der Waals surface area contributed by atoms with Gasteiger partial charge in [-0.15, -0.1) is 0 Å². The van der Waals surface area contributed by atoms with Gasteiger partial charge in [0.05, 0.1) is 0 Å². The summed E-state index contributed by atoms with van der Waals surface area (Å²) in [5.74, 6) is 0. The highest BCUT2D eigenvalue weighted by molar-refractivity contribution is 4.72. The van der Waals surface area contributed by atoms with E-state index in [1.165, 1.54) is 323 Å². The lowest BCUT2D eigenvalue weighted by Crippen LogP contribution is -2.44. The molecule has 0 aliphatic carbocycles. The van der Waals surface area contributed by atoms with Crippen LogP contribution in [0.2, 0.25) is 0 Å². The Bertz CT molecular complexity index is 722. The predicted octanol–water partition coefficient (Wildman–Crippen LogP) is 16.3. The minimum Gasteiger partial charge on any atom is -0.302 e. The summed E-state index contributed by atoms with van der Waals surface area (Å²) in [4.78, 5) is 14.5. The van der Waals surface area contributed by atoms with E-state index in [-0.39, 0.29) is 0 Å². The molecule has 5 nitrogen and oxygen atoms in total. The van der Waals surface area contributed by atoms with E-state index >= 15 is 0 Å². The summed E-state index contributed by atoms with van der Waals surface area (Å²) in [7, 11) is 0. The van der Waals surface area contributed by atoms with Crippen molar-refractivity contribution in [3.63, 3.8) is 0 Å². The largest absolute Gasteiger partial charge is 0.302 e. The molecule has 0 saturated carbocycles. The van der Waals surface area contributed by atoms with Gasteiger partial charge in [-0.2, -0.15) is 0 Å². The van der Waals surface area contributed by atoms with Gasteiger partial charge in [-0.3, -0.25) is 0 Å². The van der Waals surface area contributed by atoms with E-state index in [0.29, 0.717) is 0 Å². The Labute approximate surface area is 394 Å². The van der Waals surface area contributed by atoms with Crippen LogP contribution >= 0.6 is 0 Å². The third-order valence-corrected chi connectivity index (χ3v) is 14.0. The summed E-state index contributed by atoms with van der Waals surface area (Å²) in [6.07, 6.45) is 48.8. The van der Waals surface area contributed by atoms with E-state index in [2.05, 4.69) is 73.0 Å². The molecule has 62 heavy (non-hydrogen) atoms. The molecule has 0 radical (unpaired) electrons. The summed E-state index contributed by atoms with van der Waals surface area (Å²) in [5.41, 5.74) is 0. The lowest BCUT2D eigenvalue weighted by atomic mass is 10.1. The van der Waals surface area contributed by atoms with Gasteiger partial charge in [0.25, 0.3) is 0 Å². The van der Waals surface area contributed by atoms with Crippen LogP contribution in [0, 0.1) is 0 Å².